The van der Waals surface area contributed by atoms with Crippen molar-refractivity contribution in [1.29, 1.82) is 0 Å². The van der Waals surface area contributed by atoms with Crippen molar-refractivity contribution in [3.05, 3.63) is 76.5 Å². The van der Waals surface area contributed by atoms with Gasteiger partial charge < -0.3 is 10.6 Å². The molecule has 0 bridgehead atoms. The van der Waals surface area contributed by atoms with Crippen molar-refractivity contribution in [3.63, 3.8) is 0 Å². The van der Waals surface area contributed by atoms with Crippen LogP contribution in [0.1, 0.15) is 53.5 Å². The highest BCUT2D eigenvalue weighted by Gasteiger charge is 2.22. The number of aromatic nitrogens is 2. The maximum atomic E-state index is 12.6. The highest BCUT2D eigenvalue weighted by molar-refractivity contribution is 6.00. The van der Waals surface area contributed by atoms with E-state index >= 15 is 0 Å². The van der Waals surface area contributed by atoms with Crippen LogP contribution in [0.2, 0.25) is 0 Å². The number of carbonyl (C=O) groups is 2. The Bertz CT molecular complexity index is 1120. The quantitative estimate of drug-likeness (QED) is 0.642. The molecule has 0 atom stereocenters. The van der Waals surface area contributed by atoms with Crippen LogP contribution in [0, 0.1) is 20.8 Å². The third-order valence-electron chi connectivity index (χ3n) is 5.12. The fourth-order valence-electron chi connectivity index (χ4n) is 3.33. The van der Waals surface area contributed by atoms with Crippen LogP contribution in [-0.4, -0.2) is 28.1 Å². The van der Waals surface area contributed by atoms with E-state index in [2.05, 4.69) is 37.5 Å². The van der Waals surface area contributed by atoms with E-state index in [1.807, 2.05) is 51.1 Å². The van der Waals surface area contributed by atoms with Crippen molar-refractivity contribution in [2.75, 3.05) is 11.9 Å². The Morgan fingerprint density at radius 3 is 2.32 bits per heavy atom. The van der Waals surface area contributed by atoms with E-state index in [9.17, 15) is 9.59 Å². The van der Waals surface area contributed by atoms with Gasteiger partial charge in [-0.05, 0) is 44.0 Å². The lowest BCUT2D eigenvalue weighted by molar-refractivity contribution is -0.115. The molecular weight excluding hydrogens is 388 g/mol. The Kier molecular flexibility index (Phi) is 6.29. The number of nitrogens with one attached hydrogen (secondary N) is 2. The smallest absolute Gasteiger partial charge is 0.251 e. The Balaban J connectivity index is 1.81. The van der Waals surface area contributed by atoms with Gasteiger partial charge in [-0.3, -0.25) is 9.59 Å². The Morgan fingerprint density at radius 1 is 0.968 bits per heavy atom. The third-order valence-corrected chi connectivity index (χ3v) is 5.12. The van der Waals surface area contributed by atoms with E-state index in [0.29, 0.717) is 11.4 Å². The van der Waals surface area contributed by atoms with Crippen LogP contribution in [0.5, 0.6) is 0 Å². The number of rotatable bonds is 5. The molecule has 0 saturated carbocycles. The van der Waals surface area contributed by atoms with Crippen molar-refractivity contribution < 1.29 is 9.59 Å². The molecule has 0 aliphatic rings. The minimum absolute atomic E-state index is 0.129. The van der Waals surface area contributed by atoms with Gasteiger partial charge in [-0.15, -0.1) is 0 Å². The van der Waals surface area contributed by atoms with Gasteiger partial charge >= 0.3 is 0 Å². The molecule has 0 spiro atoms. The van der Waals surface area contributed by atoms with E-state index in [1.165, 1.54) is 0 Å². The largest absolute Gasteiger partial charge is 0.343 e. The van der Waals surface area contributed by atoms with Gasteiger partial charge in [0, 0.05) is 17.0 Å². The SMILES string of the molecule is Cc1ccc(-n2nc(C(C)(C)C)cc2NC(=O)CNC(=O)c2ccccc2C)c(C)c1. The van der Waals surface area contributed by atoms with Crippen molar-refractivity contribution in [3.8, 4) is 5.69 Å². The second-order valence-electron chi connectivity index (χ2n) is 8.91. The molecule has 3 rings (SSSR count). The summed E-state index contributed by atoms with van der Waals surface area (Å²) in [7, 11) is 0. The average Bonchev–Trinajstić information content (AvgIpc) is 3.10. The molecular formula is C25H30N4O2. The molecule has 0 saturated heterocycles. The molecule has 1 aromatic heterocycles. The zero-order chi connectivity index (χ0) is 22.8. The normalized spacial score (nSPS) is 11.3. The van der Waals surface area contributed by atoms with Crippen LogP contribution < -0.4 is 10.6 Å². The van der Waals surface area contributed by atoms with Gasteiger partial charge in [0.2, 0.25) is 5.91 Å². The first-order chi connectivity index (χ1) is 14.6. The van der Waals surface area contributed by atoms with E-state index in [0.717, 1.165) is 28.1 Å². The maximum absolute atomic E-state index is 12.6. The first-order valence-corrected chi connectivity index (χ1v) is 10.4. The number of benzene rings is 2. The van der Waals surface area contributed by atoms with Crippen LogP contribution >= 0.6 is 0 Å². The number of nitrogens with zero attached hydrogens (tertiary/aromatic N) is 2. The summed E-state index contributed by atoms with van der Waals surface area (Å²) >= 11 is 0. The lowest BCUT2D eigenvalue weighted by Gasteiger charge is -2.14. The summed E-state index contributed by atoms with van der Waals surface area (Å²) < 4.78 is 1.76. The summed E-state index contributed by atoms with van der Waals surface area (Å²) in [5.74, 6) is -0.00755. The second-order valence-corrected chi connectivity index (χ2v) is 8.91. The second kappa shape index (κ2) is 8.76. The van der Waals surface area contributed by atoms with Crippen LogP contribution in [0.15, 0.2) is 48.5 Å². The fourth-order valence-corrected chi connectivity index (χ4v) is 3.33. The number of hydrogen-bond donors (Lipinski definition) is 2. The Hall–Kier alpha value is -3.41. The molecule has 1 heterocycles. The van der Waals surface area contributed by atoms with Gasteiger partial charge in [0.25, 0.3) is 5.91 Å². The third kappa shape index (κ3) is 5.20. The van der Waals surface area contributed by atoms with Crippen molar-refractivity contribution in [1.82, 2.24) is 15.1 Å². The highest BCUT2D eigenvalue weighted by atomic mass is 16.2. The summed E-state index contributed by atoms with van der Waals surface area (Å²) in [5.41, 5.74) is 5.24. The number of amides is 2. The lowest BCUT2D eigenvalue weighted by Crippen LogP contribution is -2.33. The molecule has 2 aromatic carbocycles. The minimum Gasteiger partial charge on any atom is -0.343 e. The van der Waals surface area contributed by atoms with Crippen molar-refractivity contribution in [2.45, 2.75) is 47.0 Å². The van der Waals surface area contributed by atoms with Crippen molar-refractivity contribution >= 4 is 17.6 Å². The molecule has 0 unspecified atom stereocenters. The summed E-state index contributed by atoms with van der Waals surface area (Å²) in [6.07, 6.45) is 0. The molecule has 0 radical (unpaired) electrons. The maximum Gasteiger partial charge on any atom is 0.251 e. The summed E-state index contributed by atoms with van der Waals surface area (Å²) in [5, 5.41) is 10.4. The van der Waals surface area contributed by atoms with Gasteiger partial charge in [0.05, 0.1) is 17.9 Å². The summed E-state index contributed by atoms with van der Waals surface area (Å²) in [4.78, 5) is 25.1. The number of aryl methyl sites for hydroxylation is 3. The Morgan fingerprint density at radius 2 is 1.68 bits per heavy atom. The number of anilines is 1. The van der Waals surface area contributed by atoms with Crippen LogP contribution in [0.3, 0.4) is 0 Å². The summed E-state index contributed by atoms with van der Waals surface area (Å²) in [6, 6.07) is 15.3. The highest BCUT2D eigenvalue weighted by Crippen LogP contribution is 2.27. The minimum atomic E-state index is -0.312. The molecule has 31 heavy (non-hydrogen) atoms. The lowest BCUT2D eigenvalue weighted by atomic mass is 9.92. The molecule has 0 aliphatic carbocycles. The molecule has 6 heteroatoms. The first kappa shape index (κ1) is 22.3. The van der Waals surface area contributed by atoms with Gasteiger partial charge in [-0.1, -0.05) is 56.7 Å². The molecule has 3 aromatic rings. The standard InChI is InChI=1S/C25H30N4O2/c1-16-11-12-20(18(3)13-16)29-22(14-21(28-29)25(4,5)6)27-23(30)15-26-24(31)19-10-8-7-9-17(19)2/h7-14H,15H2,1-6H3,(H,26,31)(H,27,30). The predicted molar refractivity (Wildman–Crippen MR) is 124 cm³/mol. The van der Waals surface area contributed by atoms with E-state index in [4.69, 9.17) is 5.10 Å². The van der Waals surface area contributed by atoms with Gasteiger partial charge in [0.1, 0.15) is 5.82 Å². The zero-order valence-electron chi connectivity index (χ0n) is 19.0. The zero-order valence-corrected chi connectivity index (χ0v) is 19.0. The molecule has 0 aliphatic heterocycles. The van der Waals surface area contributed by atoms with Crippen molar-refractivity contribution in [2.24, 2.45) is 0 Å². The monoisotopic (exact) mass is 418 g/mol. The van der Waals surface area contributed by atoms with Gasteiger partial charge in [0.15, 0.2) is 0 Å². The first-order valence-electron chi connectivity index (χ1n) is 10.4. The van der Waals surface area contributed by atoms with Gasteiger partial charge in [-0.2, -0.15) is 5.10 Å². The van der Waals surface area contributed by atoms with E-state index in [1.54, 1.807) is 16.8 Å². The topological polar surface area (TPSA) is 76.0 Å². The number of hydrogen-bond acceptors (Lipinski definition) is 3. The fraction of sp³-hybridized carbons (Fsp3) is 0.320. The molecule has 0 fully saturated rings. The molecule has 2 amide bonds. The van der Waals surface area contributed by atoms with Crippen LogP contribution in [-0.2, 0) is 10.2 Å². The van der Waals surface area contributed by atoms with Crippen LogP contribution in [0.4, 0.5) is 5.82 Å². The van der Waals surface area contributed by atoms with Crippen LogP contribution in [0.25, 0.3) is 5.69 Å². The predicted octanol–water partition coefficient (Wildman–Crippen LogP) is 4.46. The molecule has 162 valence electrons. The number of carbonyl (C=O) groups excluding carboxylic acids is 2. The Labute approximate surface area is 183 Å². The summed E-state index contributed by atoms with van der Waals surface area (Å²) in [6.45, 7) is 12.0. The van der Waals surface area contributed by atoms with Gasteiger partial charge in [-0.25, -0.2) is 4.68 Å². The molecule has 6 nitrogen and oxygen atoms in total. The molecule has 2 N–H and O–H groups in total. The van der Waals surface area contributed by atoms with E-state index < -0.39 is 0 Å². The average molecular weight is 419 g/mol. The van der Waals surface area contributed by atoms with E-state index in [-0.39, 0.29) is 23.8 Å².